The molecule has 1 heterocycles. The molecule has 0 saturated carbocycles. The highest BCUT2D eigenvalue weighted by Gasteiger charge is 2.08. The van der Waals surface area contributed by atoms with Gasteiger partial charge in [0.15, 0.2) is 0 Å². The molecule has 124 valence electrons. The molecule has 0 spiro atoms. The number of aromatic nitrogens is 2. The average Bonchev–Trinajstić information content (AvgIpc) is 2.58. The lowest BCUT2D eigenvalue weighted by Crippen LogP contribution is -2.15. The lowest BCUT2D eigenvalue weighted by atomic mass is 10.1. The highest BCUT2D eigenvalue weighted by molar-refractivity contribution is 5.45. The summed E-state index contributed by atoms with van der Waals surface area (Å²) in [4.78, 5) is 8.70. The van der Waals surface area contributed by atoms with Crippen LogP contribution < -0.4 is 10.1 Å². The maximum Gasteiger partial charge on any atom is 0.132 e. The van der Waals surface area contributed by atoms with Crippen LogP contribution in [0.5, 0.6) is 5.75 Å². The van der Waals surface area contributed by atoms with Crippen LogP contribution in [0.1, 0.15) is 43.5 Å². The van der Waals surface area contributed by atoms with Crippen LogP contribution >= 0.6 is 0 Å². The van der Waals surface area contributed by atoms with Crippen LogP contribution in [0.25, 0.3) is 0 Å². The predicted octanol–water partition coefficient (Wildman–Crippen LogP) is 4.18. The number of ether oxygens (including phenoxy) is 1. The first-order chi connectivity index (χ1) is 11.3. The van der Waals surface area contributed by atoms with Crippen molar-refractivity contribution in [2.24, 2.45) is 0 Å². The fraction of sp³-hybridized carbons (Fsp3) is 0.474. The largest absolute Gasteiger partial charge is 0.491 e. The summed E-state index contributed by atoms with van der Waals surface area (Å²) in [6, 6.07) is 8.20. The van der Waals surface area contributed by atoms with E-state index < -0.39 is 0 Å². The van der Waals surface area contributed by atoms with Gasteiger partial charge in [0.05, 0.1) is 6.54 Å². The number of hydrogen-bond donors (Lipinski definition) is 1. The average molecular weight is 313 g/mol. The minimum atomic E-state index is 0.618. The molecule has 0 aliphatic heterocycles. The SMILES string of the molecule is CCCCc1c(C)ncnc1NCCOc1ccccc1CC. The fourth-order valence-corrected chi connectivity index (χ4v) is 2.57. The van der Waals surface area contributed by atoms with Crippen molar-refractivity contribution in [2.45, 2.75) is 46.5 Å². The van der Waals surface area contributed by atoms with E-state index >= 15 is 0 Å². The zero-order chi connectivity index (χ0) is 16.5. The summed E-state index contributed by atoms with van der Waals surface area (Å²) in [6.45, 7) is 7.74. The molecule has 0 aliphatic rings. The molecule has 23 heavy (non-hydrogen) atoms. The summed E-state index contributed by atoms with van der Waals surface area (Å²) in [5.41, 5.74) is 3.53. The van der Waals surface area contributed by atoms with E-state index in [2.05, 4.69) is 35.2 Å². The van der Waals surface area contributed by atoms with Gasteiger partial charge in [-0.3, -0.25) is 0 Å². The van der Waals surface area contributed by atoms with Crippen LogP contribution in [0.15, 0.2) is 30.6 Å². The quantitative estimate of drug-likeness (QED) is 0.705. The maximum atomic E-state index is 5.90. The molecule has 0 atom stereocenters. The standard InChI is InChI=1S/C19H27N3O/c1-4-6-10-17-15(3)21-14-22-19(17)20-12-13-23-18-11-8-7-9-16(18)5-2/h7-9,11,14H,4-6,10,12-13H2,1-3H3,(H,20,21,22). The van der Waals surface area contributed by atoms with Crippen molar-refractivity contribution in [1.29, 1.82) is 0 Å². The summed E-state index contributed by atoms with van der Waals surface area (Å²) in [6.07, 6.45) is 5.95. The van der Waals surface area contributed by atoms with Crippen LogP contribution in [0.4, 0.5) is 5.82 Å². The number of para-hydroxylation sites is 1. The van der Waals surface area contributed by atoms with Crippen molar-refractivity contribution < 1.29 is 4.74 Å². The Kier molecular flexibility index (Phi) is 6.85. The van der Waals surface area contributed by atoms with E-state index in [0.29, 0.717) is 6.61 Å². The second kappa shape index (κ2) is 9.13. The molecule has 4 nitrogen and oxygen atoms in total. The number of unbranched alkanes of at least 4 members (excludes halogenated alkanes) is 1. The van der Waals surface area contributed by atoms with E-state index in [1.165, 1.54) is 17.5 Å². The van der Waals surface area contributed by atoms with E-state index in [1.807, 2.05) is 25.1 Å². The van der Waals surface area contributed by atoms with Gasteiger partial charge >= 0.3 is 0 Å². The third-order valence-electron chi connectivity index (χ3n) is 3.95. The molecule has 0 unspecified atom stereocenters. The summed E-state index contributed by atoms with van der Waals surface area (Å²) in [5, 5.41) is 3.39. The van der Waals surface area contributed by atoms with E-state index in [9.17, 15) is 0 Å². The normalized spacial score (nSPS) is 10.6. The second-order valence-electron chi connectivity index (χ2n) is 5.63. The molecule has 0 saturated heterocycles. The molecule has 1 aromatic heterocycles. The Morgan fingerprint density at radius 3 is 2.74 bits per heavy atom. The molecule has 0 radical (unpaired) electrons. The lowest BCUT2D eigenvalue weighted by molar-refractivity contribution is 0.329. The summed E-state index contributed by atoms with van der Waals surface area (Å²) in [7, 11) is 0. The number of rotatable bonds is 9. The third kappa shape index (κ3) is 4.95. The van der Waals surface area contributed by atoms with Crippen molar-refractivity contribution >= 4 is 5.82 Å². The minimum absolute atomic E-state index is 0.618. The van der Waals surface area contributed by atoms with E-state index in [1.54, 1.807) is 6.33 Å². The fourth-order valence-electron chi connectivity index (χ4n) is 2.57. The number of aryl methyl sites for hydroxylation is 2. The monoisotopic (exact) mass is 313 g/mol. The van der Waals surface area contributed by atoms with Crippen molar-refractivity contribution in [1.82, 2.24) is 9.97 Å². The molecule has 1 aromatic carbocycles. The molecule has 1 N–H and O–H groups in total. The predicted molar refractivity (Wildman–Crippen MR) is 95.2 cm³/mol. The third-order valence-corrected chi connectivity index (χ3v) is 3.95. The number of hydrogen-bond acceptors (Lipinski definition) is 4. The van der Waals surface area contributed by atoms with Gasteiger partial charge < -0.3 is 10.1 Å². The van der Waals surface area contributed by atoms with E-state index in [0.717, 1.165) is 43.1 Å². The van der Waals surface area contributed by atoms with Crippen molar-refractivity contribution in [2.75, 3.05) is 18.5 Å². The summed E-state index contributed by atoms with van der Waals surface area (Å²) in [5.74, 6) is 1.92. The Hall–Kier alpha value is -2.10. The van der Waals surface area contributed by atoms with Crippen LogP contribution in [-0.4, -0.2) is 23.1 Å². The molecule has 0 fully saturated rings. The lowest BCUT2D eigenvalue weighted by Gasteiger charge is -2.14. The molecule has 2 aromatic rings. The van der Waals surface area contributed by atoms with Crippen molar-refractivity contribution in [3.05, 3.63) is 47.4 Å². The van der Waals surface area contributed by atoms with E-state index in [-0.39, 0.29) is 0 Å². The Balaban J connectivity index is 1.90. The van der Waals surface area contributed by atoms with Gasteiger partial charge in [0.25, 0.3) is 0 Å². The Morgan fingerprint density at radius 2 is 1.96 bits per heavy atom. The number of nitrogens with zero attached hydrogens (tertiary/aromatic N) is 2. The van der Waals surface area contributed by atoms with Gasteiger partial charge in [-0.2, -0.15) is 0 Å². The number of anilines is 1. The molecule has 4 heteroatoms. The molecule has 2 rings (SSSR count). The molecular weight excluding hydrogens is 286 g/mol. The van der Waals surface area contributed by atoms with Gasteiger partial charge in [-0.1, -0.05) is 38.5 Å². The van der Waals surface area contributed by atoms with Crippen molar-refractivity contribution in [3.8, 4) is 5.75 Å². The van der Waals surface area contributed by atoms with Crippen LogP contribution in [0.2, 0.25) is 0 Å². The van der Waals surface area contributed by atoms with Crippen LogP contribution in [0.3, 0.4) is 0 Å². The van der Waals surface area contributed by atoms with Gasteiger partial charge in [-0.25, -0.2) is 9.97 Å². The smallest absolute Gasteiger partial charge is 0.132 e. The van der Waals surface area contributed by atoms with Crippen molar-refractivity contribution in [3.63, 3.8) is 0 Å². The zero-order valence-electron chi connectivity index (χ0n) is 14.4. The first-order valence-corrected chi connectivity index (χ1v) is 8.51. The molecular formula is C19H27N3O. The molecule has 0 amide bonds. The van der Waals surface area contributed by atoms with Gasteiger partial charge in [0.2, 0.25) is 0 Å². The molecule has 0 aliphatic carbocycles. The van der Waals surface area contributed by atoms with Crippen LogP contribution in [0, 0.1) is 6.92 Å². The second-order valence-corrected chi connectivity index (χ2v) is 5.63. The Bertz CT molecular complexity index is 613. The highest BCUT2D eigenvalue weighted by Crippen LogP contribution is 2.19. The van der Waals surface area contributed by atoms with Gasteiger partial charge in [0.1, 0.15) is 24.5 Å². The Morgan fingerprint density at radius 1 is 1.13 bits per heavy atom. The summed E-state index contributed by atoms with van der Waals surface area (Å²) < 4.78 is 5.90. The Labute approximate surface area is 139 Å². The molecule has 0 bridgehead atoms. The highest BCUT2D eigenvalue weighted by atomic mass is 16.5. The van der Waals surface area contributed by atoms with Crippen LogP contribution in [-0.2, 0) is 12.8 Å². The number of nitrogens with one attached hydrogen (secondary N) is 1. The van der Waals surface area contributed by atoms with E-state index in [4.69, 9.17) is 4.74 Å². The number of benzene rings is 1. The summed E-state index contributed by atoms with van der Waals surface area (Å²) >= 11 is 0. The van der Waals surface area contributed by atoms with Gasteiger partial charge in [0, 0.05) is 11.3 Å². The maximum absolute atomic E-state index is 5.90. The van der Waals surface area contributed by atoms with Gasteiger partial charge in [-0.05, 0) is 37.8 Å². The topological polar surface area (TPSA) is 47.0 Å². The minimum Gasteiger partial charge on any atom is -0.491 e. The van der Waals surface area contributed by atoms with Gasteiger partial charge in [-0.15, -0.1) is 0 Å². The first kappa shape index (κ1) is 17.3. The zero-order valence-corrected chi connectivity index (χ0v) is 14.4. The first-order valence-electron chi connectivity index (χ1n) is 8.51.